The fraction of sp³-hybridized carbons (Fsp3) is 0.714. The summed E-state index contributed by atoms with van der Waals surface area (Å²) in [5.41, 5.74) is 1.24. The molecule has 1 fully saturated rings. The van der Waals surface area contributed by atoms with Crippen molar-refractivity contribution >= 4 is 0 Å². The summed E-state index contributed by atoms with van der Waals surface area (Å²) >= 11 is 0. The van der Waals surface area contributed by atoms with E-state index in [0.29, 0.717) is 12.5 Å². The average Bonchev–Trinajstić information content (AvgIpc) is 2.88. The Hall–Kier alpha value is -0.900. The normalized spacial score (nSPS) is 24.3. The van der Waals surface area contributed by atoms with Gasteiger partial charge in [-0.25, -0.2) is 8.78 Å². The maximum atomic E-state index is 13.1. The van der Waals surface area contributed by atoms with Gasteiger partial charge in [-0.15, -0.1) is 0 Å². The highest BCUT2D eigenvalue weighted by atomic mass is 19.3. The second-order valence-corrected chi connectivity index (χ2v) is 5.36. The van der Waals surface area contributed by atoms with Gasteiger partial charge in [-0.3, -0.25) is 0 Å². The van der Waals surface area contributed by atoms with E-state index in [0.717, 1.165) is 13.0 Å². The predicted molar refractivity (Wildman–Crippen MR) is 68.8 cm³/mol. The van der Waals surface area contributed by atoms with Crippen LogP contribution in [0.5, 0.6) is 0 Å². The van der Waals surface area contributed by atoms with Crippen LogP contribution in [-0.2, 0) is 6.54 Å². The SMILES string of the molecule is CCC(NC)c1ccn(CC2CCC(F)(F)C2)c1. The molecule has 2 rings (SSSR count). The largest absolute Gasteiger partial charge is 0.354 e. The topological polar surface area (TPSA) is 17.0 Å². The lowest BCUT2D eigenvalue weighted by atomic mass is 10.1. The molecule has 0 saturated heterocycles. The van der Waals surface area contributed by atoms with Crippen LogP contribution in [0.25, 0.3) is 0 Å². The monoisotopic (exact) mass is 256 g/mol. The summed E-state index contributed by atoms with van der Waals surface area (Å²) in [6, 6.07) is 2.44. The van der Waals surface area contributed by atoms with Gasteiger partial charge in [0.2, 0.25) is 5.92 Å². The molecule has 1 aromatic rings. The number of hydrogen-bond donors (Lipinski definition) is 1. The minimum absolute atomic E-state index is 0.0454. The van der Waals surface area contributed by atoms with Gasteiger partial charge < -0.3 is 9.88 Å². The summed E-state index contributed by atoms with van der Waals surface area (Å²) in [5.74, 6) is -2.31. The van der Waals surface area contributed by atoms with Crippen molar-refractivity contribution in [3.63, 3.8) is 0 Å². The minimum atomic E-state index is -2.43. The van der Waals surface area contributed by atoms with E-state index in [1.165, 1.54) is 5.56 Å². The van der Waals surface area contributed by atoms with Crippen LogP contribution in [0.15, 0.2) is 18.5 Å². The molecule has 1 aromatic heterocycles. The molecule has 1 saturated carbocycles. The van der Waals surface area contributed by atoms with E-state index in [2.05, 4.69) is 29.1 Å². The molecule has 0 amide bonds. The standard InChI is InChI=1S/C14H22F2N2/c1-3-13(17-2)12-5-7-18(10-12)9-11-4-6-14(15,16)8-11/h5,7,10-11,13,17H,3-4,6,8-9H2,1-2H3. The van der Waals surface area contributed by atoms with E-state index < -0.39 is 5.92 Å². The minimum Gasteiger partial charge on any atom is -0.354 e. The maximum Gasteiger partial charge on any atom is 0.248 e. The Morgan fingerprint density at radius 1 is 1.56 bits per heavy atom. The Labute approximate surface area is 107 Å². The molecule has 2 atom stereocenters. The first-order valence-electron chi connectivity index (χ1n) is 6.75. The van der Waals surface area contributed by atoms with Crippen molar-refractivity contribution in [2.24, 2.45) is 5.92 Å². The van der Waals surface area contributed by atoms with Crippen molar-refractivity contribution in [2.75, 3.05) is 7.05 Å². The molecule has 0 aromatic carbocycles. The van der Waals surface area contributed by atoms with Crippen LogP contribution in [0.4, 0.5) is 8.78 Å². The van der Waals surface area contributed by atoms with Crippen LogP contribution in [0.3, 0.4) is 0 Å². The third-order valence-corrected chi connectivity index (χ3v) is 3.91. The Morgan fingerprint density at radius 2 is 2.33 bits per heavy atom. The summed E-state index contributed by atoms with van der Waals surface area (Å²) in [5, 5.41) is 3.25. The Balaban J connectivity index is 1.95. The summed E-state index contributed by atoms with van der Waals surface area (Å²) in [4.78, 5) is 0. The molecule has 18 heavy (non-hydrogen) atoms. The Bertz CT molecular complexity index is 383. The molecule has 0 bridgehead atoms. The van der Waals surface area contributed by atoms with Gasteiger partial charge in [0.15, 0.2) is 0 Å². The second kappa shape index (κ2) is 5.39. The smallest absolute Gasteiger partial charge is 0.248 e. The summed E-state index contributed by atoms with van der Waals surface area (Å²) in [6.45, 7) is 2.85. The predicted octanol–water partition coefficient (Wildman–Crippen LogP) is 3.59. The Kier molecular flexibility index (Phi) is 4.05. The van der Waals surface area contributed by atoms with E-state index in [1.54, 1.807) is 0 Å². The van der Waals surface area contributed by atoms with Gasteiger partial charge in [0.25, 0.3) is 0 Å². The average molecular weight is 256 g/mol. The van der Waals surface area contributed by atoms with Gasteiger partial charge in [-0.05, 0) is 37.4 Å². The molecule has 102 valence electrons. The van der Waals surface area contributed by atoms with Crippen LogP contribution in [0.1, 0.15) is 44.2 Å². The highest BCUT2D eigenvalue weighted by Gasteiger charge is 2.39. The van der Waals surface area contributed by atoms with Crippen LogP contribution < -0.4 is 5.32 Å². The van der Waals surface area contributed by atoms with Crippen molar-refractivity contribution in [2.45, 2.75) is 51.1 Å². The van der Waals surface area contributed by atoms with E-state index in [1.807, 2.05) is 13.2 Å². The molecule has 4 heteroatoms. The molecule has 0 spiro atoms. The van der Waals surface area contributed by atoms with Gasteiger partial charge in [0.1, 0.15) is 0 Å². The summed E-state index contributed by atoms with van der Waals surface area (Å²) < 4.78 is 28.3. The van der Waals surface area contributed by atoms with Crippen molar-refractivity contribution in [3.05, 3.63) is 24.0 Å². The second-order valence-electron chi connectivity index (χ2n) is 5.36. The number of aromatic nitrogens is 1. The fourth-order valence-corrected chi connectivity index (χ4v) is 2.88. The van der Waals surface area contributed by atoms with Crippen molar-refractivity contribution < 1.29 is 8.78 Å². The molecule has 1 aliphatic rings. The molecule has 0 radical (unpaired) electrons. The van der Waals surface area contributed by atoms with Crippen LogP contribution >= 0.6 is 0 Å². The lowest BCUT2D eigenvalue weighted by molar-refractivity contribution is 0.00437. The van der Waals surface area contributed by atoms with Crippen molar-refractivity contribution in [1.29, 1.82) is 0 Å². The number of hydrogen-bond acceptors (Lipinski definition) is 1. The van der Waals surface area contributed by atoms with E-state index in [-0.39, 0.29) is 18.8 Å². The zero-order chi connectivity index (χ0) is 13.2. The van der Waals surface area contributed by atoms with E-state index >= 15 is 0 Å². The summed E-state index contributed by atoms with van der Waals surface area (Å²) in [6.07, 6.45) is 5.86. The fourth-order valence-electron chi connectivity index (χ4n) is 2.88. The van der Waals surface area contributed by atoms with Crippen LogP contribution in [0, 0.1) is 5.92 Å². The maximum absolute atomic E-state index is 13.1. The molecule has 1 aliphatic carbocycles. The van der Waals surface area contributed by atoms with Crippen molar-refractivity contribution in [1.82, 2.24) is 9.88 Å². The molecule has 2 unspecified atom stereocenters. The van der Waals surface area contributed by atoms with Crippen LogP contribution in [-0.4, -0.2) is 17.5 Å². The third-order valence-electron chi connectivity index (χ3n) is 3.91. The lowest BCUT2D eigenvalue weighted by Crippen LogP contribution is -2.15. The molecule has 2 nitrogen and oxygen atoms in total. The van der Waals surface area contributed by atoms with Crippen molar-refractivity contribution in [3.8, 4) is 0 Å². The lowest BCUT2D eigenvalue weighted by Gasteiger charge is -2.13. The van der Waals surface area contributed by atoms with Gasteiger partial charge in [0, 0.05) is 37.8 Å². The summed E-state index contributed by atoms with van der Waals surface area (Å²) in [7, 11) is 1.95. The Morgan fingerprint density at radius 3 is 2.89 bits per heavy atom. The zero-order valence-electron chi connectivity index (χ0n) is 11.1. The van der Waals surface area contributed by atoms with Crippen LogP contribution in [0.2, 0.25) is 0 Å². The highest BCUT2D eigenvalue weighted by molar-refractivity contribution is 5.15. The first-order valence-corrected chi connectivity index (χ1v) is 6.75. The quantitative estimate of drug-likeness (QED) is 0.852. The molecular weight excluding hydrogens is 234 g/mol. The number of nitrogens with one attached hydrogen (secondary N) is 1. The van der Waals surface area contributed by atoms with E-state index in [9.17, 15) is 8.78 Å². The molecular formula is C14H22F2N2. The van der Waals surface area contributed by atoms with Gasteiger partial charge in [0.05, 0.1) is 0 Å². The van der Waals surface area contributed by atoms with Gasteiger partial charge >= 0.3 is 0 Å². The first kappa shape index (κ1) is 13.5. The third kappa shape index (κ3) is 3.10. The molecule has 1 N–H and O–H groups in total. The first-order chi connectivity index (χ1) is 8.54. The molecule has 1 heterocycles. The zero-order valence-corrected chi connectivity index (χ0v) is 11.1. The number of nitrogens with zero attached hydrogens (tertiary/aromatic N) is 1. The highest BCUT2D eigenvalue weighted by Crippen LogP contribution is 2.39. The number of alkyl halides is 2. The molecule has 0 aliphatic heterocycles. The van der Waals surface area contributed by atoms with Gasteiger partial charge in [-0.1, -0.05) is 6.92 Å². The number of halogens is 2. The number of rotatable bonds is 5. The van der Waals surface area contributed by atoms with Gasteiger partial charge in [-0.2, -0.15) is 0 Å². The van der Waals surface area contributed by atoms with E-state index in [4.69, 9.17) is 0 Å².